The average molecular weight is 399 g/mol. The van der Waals surface area contributed by atoms with E-state index in [-0.39, 0.29) is 30.5 Å². The first-order valence-electron chi connectivity index (χ1n) is 10.1. The maximum atomic E-state index is 14.3. The lowest BCUT2D eigenvalue weighted by Gasteiger charge is -2.43. The zero-order valence-corrected chi connectivity index (χ0v) is 16.6. The van der Waals surface area contributed by atoms with Crippen molar-refractivity contribution in [3.63, 3.8) is 0 Å². The highest BCUT2D eigenvalue weighted by atomic mass is 19.1. The number of aliphatic hydroxyl groups is 1. The van der Waals surface area contributed by atoms with E-state index in [0.29, 0.717) is 43.0 Å². The maximum absolute atomic E-state index is 14.3. The molecular formula is C22H26FN3O3. The van der Waals surface area contributed by atoms with E-state index < -0.39 is 0 Å². The molecule has 2 saturated heterocycles. The van der Waals surface area contributed by atoms with Gasteiger partial charge in [0.05, 0.1) is 30.1 Å². The predicted molar refractivity (Wildman–Crippen MR) is 107 cm³/mol. The molecule has 154 valence electrons. The van der Waals surface area contributed by atoms with Crippen LogP contribution in [0.15, 0.2) is 36.5 Å². The van der Waals surface area contributed by atoms with Gasteiger partial charge in [0.1, 0.15) is 0 Å². The van der Waals surface area contributed by atoms with Crippen LogP contribution in [-0.4, -0.2) is 59.3 Å². The first kappa shape index (κ1) is 19.8. The summed E-state index contributed by atoms with van der Waals surface area (Å²) in [4.78, 5) is 20.6. The molecule has 2 aliphatic rings. The molecule has 0 unspecified atom stereocenters. The molecule has 1 aromatic carbocycles. The fraction of sp³-hybridized carbons (Fsp3) is 0.455. The molecule has 2 aliphatic heterocycles. The van der Waals surface area contributed by atoms with Gasteiger partial charge in [0.2, 0.25) is 0 Å². The summed E-state index contributed by atoms with van der Waals surface area (Å²) in [5.41, 5.74) is 2.35. The quantitative estimate of drug-likeness (QED) is 0.837. The first-order valence-corrected chi connectivity index (χ1v) is 10.1. The number of carbonyl (C=O) groups is 1. The summed E-state index contributed by atoms with van der Waals surface area (Å²) < 4.78 is 20.5. The lowest BCUT2D eigenvalue weighted by atomic mass is 10.0. The molecule has 2 aromatic rings. The van der Waals surface area contributed by atoms with Crippen LogP contribution < -0.4 is 4.90 Å². The van der Waals surface area contributed by atoms with E-state index in [2.05, 4.69) is 4.98 Å². The number of pyridine rings is 1. The summed E-state index contributed by atoms with van der Waals surface area (Å²) >= 11 is 0. The zero-order valence-electron chi connectivity index (χ0n) is 16.6. The van der Waals surface area contributed by atoms with E-state index in [1.165, 1.54) is 0 Å². The Hall–Kier alpha value is -2.51. The van der Waals surface area contributed by atoms with Gasteiger partial charge < -0.3 is 19.6 Å². The second-order valence-corrected chi connectivity index (χ2v) is 7.75. The summed E-state index contributed by atoms with van der Waals surface area (Å²) in [6.45, 7) is 4.21. The van der Waals surface area contributed by atoms with Gasteiger partial charge in [-0.15, -0.1) is 0 Å². The number of hydrogen-bond acceptors (Lipinski definition) is 5. The van der Waals surface area contributed by atoms with Crippen molar-refractivity contribution in [2.45, 2.75) is 38.6 Å². The monoisotopic (exact) mass is 399 g/mol. The number of rotatable bonds is 5. The highest BCUT2D eigenvalue weighted by Gasteiger charge is 2.33. The minimum atomic E-state index is -0.356. The van der Waals surface area contributed by atoms with Gasteiger partial charge in [-0.25, -0.2) is 4.39 Å². The standard InChI is InChI=1S/C22H26FN3O3/c1-15-5-6-16(11-24-15)22(28)25-9-7-18(8-10-25)29-19-12-26(13-19)20-4-2-3-17(14-27)21(20)23/h2-6,11,18-19,27H,7-10,12-14H2,1H3. The van der Waals surface area contributed by atoms with E-state index in [9.17, 15) is 14.3 Å². The number of benzene rings is 1. The van der Waals surface area contributed by atoms with Crippen LogP contribution in [-0.2, 0) is 11.3 Å². The van der Waals surface area contributed by atoms with Crippen molar-refractivity contribution in [2.24, 2.45) is 0 Å². The van der Waals surface area contributed by atoms with Gasteiger partial charge in [-0.1, -0.05) is 12.1 Å². The fourth-order valence-corrected chi connectivity index (χ4v) is 3.90. The highest BCUT2D eigenvalue weighted by molar-refractivity contribution is 5.94. The van der Waals surface area contributed by atoms with Gasteiger partial charge in [0, 0.05) is 43.6 Å². The number of amides is 1. The Morgan fingerprint density at radius 2 is 1.97 bits per heavy atom. The first-order chi connectivity index (χ1) is 14.0. The molecule has 2 fully saturated rings. The summed E-state index contributed by atoms with van der Waals surface area (Å²) in [5.74, 6) is -0.337. The van der Waals surface area contributed by atoms with Crippen molar-refractivity contribution >= 4 is 11.6 Å². The van der Waals surface area contributed by atoms with Gasteiger partial charge in [-0.2, -0.15) is 0 Å². The number of likely N-dealkylation sites (tertiary alicyclic amines) is 1. The van der Waals surface area contributed by atoms with E-state index in [4.69, 9.17) is 4.74 Å². The largest absolute Gasteiger partial charge is 0.392 e. The van der Waals surface area contributed by atoms with E-state index >= 15 is 0 Å². The van der Waals surface area contributed by atoms with Crippen LogP contribution in [0.4, 0.5) is 10.1 Å². The van der Waals surface area contributed by atoms with E-state index in [1.54, 1.807) is 24.4 Å². The van der Waals surface area contributed by atoms with Gasteiger partial charge in [0.15, 0.2) is 5.82 Å². The molecule has 0 aliphatic carbocycles. The number of aliphatic hydroxyl groups excluding tert-OH is 1. The van der Waals surface area contributed by atoms with E-state index in [1.807, 2.05) is 28.9 Å². The molecule has 4 rings (SSSR count). The molecule has 1 aromatic heterocycles. The maximum Gasteiger partial charge on any atom is 0.255 e. The number of hydrogen-bond donors (Lipinski definition) is 1. The van der Waals surface area contributed by atoms with Crippen LogP contribution in [0.1, 0.15) is 34.5 Å². The van der Waals surface area contributed by atoms with Crippen molar-refractivity contribution < 1.29 is 19.0 Å². The molecule has 6 nitrogen and oxygen atoms in total. The smallest absolute Gasteiger partial charge is 0.255 e. The lowest BCUT2D eigenvalue weighted by Crippen LogP contribution is -2.55. The Morgan fingerprint density at radius 3 is 2.62 bits per heavy atom. The number of anilines is 1. The highest BCUT2D eigenvalue weighted by Crippen LogP contribution is 2.29. The second-order valence-electron chi connectivity index (χ2n) is 7.75. The molecule has 1 amide bonds. The van der Waals surface area contributed by atoms with Crippen molar-refractivity contribution in [2.75, 3.05) is 31.1 Å². The molecule has 7 heteroatoms. The third kappa shape index (κ3) is 4.26. The van der Waals surface area contributed by atoms with Crippen molar-refractivity contribution in [1.82, 2.24) is 9.88 Å². The summed E-state index contributed by atoms with van der Waals surface area (Å²) in [5, 5.41) is 9.21. The fourth-order valence-electron chi connectivity index (χ4n) is 3.90. The zero-order chi connectivity index (χ0) is 20.4. The molecule has 0 atom stereocenters. The van der Waals surface area contributed by atoms with Crippen molar-refractivity contribution in [3.8, 4) is 0 Å². The molecular weight excluding hydrogens is 373 g/mol. The Bertz CT molecular complexity index is 860. The van der Waals surface area contributed by atoms with Crippen molar-refractivity contribution in [1.29, 1.82) is 0 Å². The lowest BCUT2D eigenvalue weighted by molar-refractivity contribution is -0.0497. The second kappa shape index (κ2) is 8.47. The van der Waals surface area contributed by atoms with Crippen LogP contribution >= 0.6 is 0 Å². The Labute approximate surface area is 169 Å². The number of aryl methyl sites for hydroxylation is 1. The molecule has 1 N–H and O–H groups in total. The number of ether oxygens (including phenoxy) is 1. The van der Waals surface area contributed by atoms with Crippen LogP contribution in [0.25, 0.3) is 0 Å². The normalized spacial score (nSPS) is 18.0. The Morgan fingerprint density at radius 1 is 1.21 bits per heavy atom. The van der Waals surface area contributed by atoms with Crippen molar-refractivity contribution in [3.05, 3.63) is 59.2 Å². The third-order valence-electron chi connectivity index (χ3n) is 5.69. The molecule has 29 heavy (non-hydrogen) atoms. The summed E-state index contributed by atoms with van der Waals surface area (Å²) in [6, 6.07) is 8.75. The Kier molecular flexibility index (Phi) is 5.78. The Balaban J connectivity index is 1.24. The minimum absolute atomic E-state index is 0.0185. The number of carbonyl (C=O) groups excluding carboxylic acids is 1. The van der Waals surface area contributed by atoms with Gasteiger partial charge in [-0.05, 0) is 38.0 Å². The van der Waals surface area contributed by atoms with Crippen LogP contribution in [0.3, 0.4) is 0 Å². The number of halogens is 1. The number of piperidine rings is 1. The van der Waals surface area contributed by atoms with Crippen LogP contribution in [0.2, 0.25) is 0 Å². The topological polar surface area (TPSA) is 65.9 Å². The van der Waals surface area contributed by atoms with E-state index in [0.717, 1.165) is 18.5 Å². The number of nitrogens with zero attached hydrogens (tertiary/aromatic N) is 3. The molecule has 3 heterocycles. The molecule has 0 spiro atoms. The SMILES string of the molecule is Cc1ccc(C(=O)N2CCC(OC3CN(c4cccc(CO)c4F)C3)CC2)cn1. The average Bonchev–Trinajstić information content (AvgIpc) is 2.71. The van der Waals surface area contributed by atoms with Gasteiger partial charge in [0.25, 0.3) is 5.91 Å². The molecule has 0 saturated carbocycles. The molecule has 0 radical (unpaired) electrons. The predicted octanol–water partition coefficient (Wildman–Crippen LogP) is 2.53. The summed E-state index contributed by atoms with van der Waals surface area (Å²) in [6.07, 6.45) is 3.43. The number of aromatic nitrogens is 1. The molecule has 0 bridgehead atoms. The van der Waals surface area contributed by atoms with Crippen LogP contribution in [0.5, 0.6) is 0 Å². The van der Waals surface area contributed by atoms with Crippen LogP contribution in [0, 0.1) is 12.7 Å². The third-order valence-corrected chi connectivity index (χ3v) is 5.69. The minimum Gasteiger partial charge on any atom is -0.392 e. The van der Waals surface area contributed by atoms with Gasteiger partial charge >= 0.3 is 0 Å². The van der Waals surface area contributed by atoms with Gasteiger partial charge in [-0.3, -0.25) is 9.78 Å². The summed E-state index contributed by atoms with van der Waals surface area (Å²) in [7, 11) is 0.